The molecular weight excluding hydrogens is 408 g/mol. The molecule has 0 radical (unpaired) electrons. The molecule has 2 aromatic carbocycles. The summed E-state index contributed by atoms with van der Waals surface area (Å²) >= 11 is 7.34. The van der Waals surface area contributed by atoms with Crippen LogP contribution in [0.15, 0.2) is 53.4 Å². The largest absolute Gasteiger partial charge is 0.497 e. The lowest BCUT2D eigenvalue weighted by molar-refractivity contribution is -0.138. The summed E-state index contributed by atoms with van der Waals surface area (Å²) in [6.45, 7) is 5.90. The minimum atomic E-state index is -0.585. The zero-order chi connectivity index (χ0) is 21.4. The maximum Gasteiger partial charge on any atom is 0.242 e. The van der Waals surface area contributed by atoms with Gasteiger partial charge in [-0.2, -0.15) is 0 Å². The van der Waals surface area contributed by atoms with Gasteiger partial charge in [0.2, 0.25) is 11.8 Å². The second-order valence-electron chi connectivity index (χ2n) is 6.95. The predicted octanol–water partition coefficient (Wildman–Crippen LogP) is 4.38. The monoisotopic (exact) mass is 434 g/mol. The Bertz CT molecular complexity index is 810. The summed E-state index contributed by atoms with van der Waals surface area (Å²) < 4.78 is 5.19. The van der Waals surface area contributed by atoms with E-state index in [0.717, 1.165) is 16.2 Å². The molecule has 1 atom stereocenters. The molecule has 0 heterocycles. The molecule has 0 aromatic heterocycles. The fourth-order valence-corrected chi connectivity index (χ4v) is 3.58. The van der Waals surface area contributed by atoms with Crippen LogP contribution >= 0.6 is 23.4 Å². The van der Waals surface area contributed by atoms with Crippen molar-refractivity contribution in [3.05, 3.63) is 59.1 Å². The van der Waals surface area contributed by atoms with Crippen molar-refractivity contribution in [2.75, 3.05) is 12.9 Å². The molecule has 0 saturated heterocycles. The molecule has 5 nitrogen and oxygen atoms in total. The SMILES string of the molecule is COc1ccc(CN(C(=O)CSc2ccc(Cl)cc2)[C@@H](C)C(=O)NC(C)C)cc1. The molecule has 0 aliphatic heterocycles. The van der Waals surface area contributed by atoms with Gasteiger partial charge < -0.3 is 15.0 Å². The van der Waals surface area contributed by atoms with Gasteiger partial charge in [0.25, 0.3) is 0 Å². The molecule has 0 aliphatic carbocycles. The standard InChI is InChI=1S/C22H27ClN2O3S/c1-15(2)24-22(27)16(3)25(13-17-5-9-19(28-4)10-6-17)21(26)14-29-20-11-7-18(23)8-12-20/h5-12,15-16H,13-14H2,1-4H3,(H,24,27)/t16-/m0/s1. The van der Waals surface area contributed by atoms with E-state index in [1.165, 1.54) is 11.8 Å². The first-order chi connectivity index (χ1) is 13.8. The average molecular weight is 435 g/mol. The highest BCUT2D eigenvalue weighted by Gasteiger charge is 2.26. The molecule has 0 aliphatic rings. The van der Waals surface area contributed by atoms with Crippen molar-refractivity contribution < 1.29 is 14.3 Å². The maximum atomic E-state index is 13.0. The normalized spacial score (nSPS) is 11.8. The van der Waals surface area contributed by atoms with E-state index in [2.05, 4.69) is 5.32 Å². The summed E-state index contributed by atoms with van der Waals surface area (Å²) in [6.07, 6.45) is 0. The summed E-state index contributed by atoms with van der Waals surface area (Å²) in [5.41, 5.74) is 0.930. The number of ether oxygens (including phenoxy) is 1. The van der Waals surface area contributed by atoms with E-state index in [0.29, 0.717) is 11.6 Å². The highest BCUT2D eigenvalue weighted by atomic mass is 35.5. The number of nitrogens with zero attached hydrogens (tertiary/aromatic N) is 1. The number of thioether (sulfide) groups is 1. The summed E-state index contributed by atoms with van der Waals surface area (Å²) in [6, 6.07) is 14.3. The van der Waals surface area contributed by atoms with Gasteiger partial charge in [0.15, 0.2) is 0 Å². The number of benzene rings is 2. The van der Waals surface area contributed by atoms with Crippen molar-refractivity contribution in [1.29, 1.82) is 0 Å². The quantitative estimate of drug-likeness (QED) is 0.595. The molecule has 2 aromatic rings. The summed E-state index contributed by atoms with van der Waals surface area (Å²) in [7, 11) is 1.61. The molecular formula is C22H27ClN2O3S. The van der Waals surface area contributed by atoms with Gasteiger partial charge in [0, 0.05) is 22.5 Å². The zero-order valence-corrected chi connectivity index (χ0v) is 18.7. The van der Waals surface area contributed by atoms with E-state index in [-0.39, 0.29) is 23.6 Å². The predicted molar refractivity (Wildman–Crippen MR) is 118 cm³/mol. The third-order valence-corrected chi connectivity index (χ3v) is 5.53. The number of methoxy groups -OCH3 is 1. The van der Waals surface area contributed by atoms with Crippen LogP contribution in [0.3, 0.4) is 0 Å². The number of nitrogens with one attached hydrogen (secondary N) is 1. The third-order valence-electron chi connectivity index (χ3n) is 4.29. The molecule has 0 bridgehead atoms. The van der Waals surface area contributed by atoms with Crippen LogP contribution in [0.2, 0.25) is 5.02 Å². The Morgan fingerprint density at radius 1 is 1.07 bits per heavy atom. The van der Waals surface area contributed by atoms with Gasteiger partial charge in [-0.15, -0.1) is 11.8 Å². The van der Waals surface area contributed by atoms with Crippen LogP contribution in [-0.4, -0.2) is 41.7 Å². The summed E-state index contributed by atoms with van der Waals surface area (Å²) in [4.78, 5) is 28.1. The van der Waals surface area contributed by atoms with Crippen LogP contribution in [0.25, 0.3) is 0 Å². The highest BCUT2D eigenvalue weighted by molar-refractivity contribution is 8.00. The number of carbonyl (C=O) groups is 2. The third kappa shape index (κ3) is 7.29. The van der Waals surface area contributed by atoms with Crippen LogP contribution < -0.4 is 10.1 Å². The van der Waals surface area contributed by atoms with Crippen LogP contribution in [0.1, 0.15) is 26.3 Å². The number of rotatable bonds is 9. The van der Waals surface area contributed by atoms with Gasteiger partial charge >= 0.3 is 0 Å². The number of carbonyl (C=O) groups excluding carboxylic acids is 2. The Labute approximate surface area is 181 Å². The van der Waals surface area contributed by atoms with Crippen LogP contribution in [0, 0.1) is 0 Å². The van der Waals surface area contributed by atoms with Crippen LogP contribution in [0.4, 0.5) is 0 Å². The smallest absolute Gasteiger partial charge is 0.242 e. The second-order valence-corrected chi connectivity index (χ2v) is 8.44. The van der Waals surface area contributed by atoms with E-state index in [1.54, 1.807) is 31.1 Å². The Morgan fingerprint density at radius 2 is 1.69 bits per heavy atom. The number of hydrogen-bond acceptors (Lipinski definition) is 4. The molecule has 0 spiro atoms. The van der Waals surface area contributed by atoms with Gasteiger partial charge in [-0.25, -0.2) is 0 Å². The number of halogens is 1. The molecule has 2 rings (SSSR count). The van der Waals surface area contributed by atoms with Gasteiger partial charge in [0.1, 0.15) is 11.8 Å². The van der Waals surface area contributed by atoms with Crippen molar-refractivity contribution in [3.8, 4) is 5.75 Å². The van der Waals surface area contributed by atoms with E-state index < -0.39 is 6.04 Å². The van der Waals surface area contributed by atoms with E-state index >= 15 is 0 Å². The van der Waals surface area contributed by atoms with Crippen LogP contribution in [-0.2, 0) is 16.1 Å². The minimum absolute atomic E-state index is 0.00586. The lowest BCUT2D eigenvalue weighted by atomic mass is 10.1. The molecule has 0 unspecified atom stereocenters. The zero-order valence-electron chi connectivity index (χ0n) is 17.1. The van der Waals surface area contributed by atoms with Crippen molar-refractivity contribution >= 4 is 35.2 Å². The molecule has 0 saturated carbocycles. The highest BCUT2D eigenvalue weighted by Crippen LogP contribution is 2.22. The first-order valence-corrected chi connectivity index (χ1v) is 10.8. The number of hydrogen-bond donors (Lipinski definition) is 1. The molecule has 2 amide bonds. The molecule has 29 heavy (non-hydrogen) atoms. The topological polar surface area (TPSA) is 58.6 Å². The van der Waals surface area contributed by atoms with Gasteiger partial charge in [-0.3, -0.25) is 9.59 Å². The maximum absolute atomic E-state index is 13.0. The fourth-order valence-electron chi connectivity index (χ4n) is 2.67. The van der Waals surface area contributed by atoms with Gasteiger partial charge in [0.05, 0.1) is 12.9 Å². The Kier molecular flexibility index (Phi) is 8.86. The summed E-state index contributed by atoms with van der Waals surface area (Å²) in [5.74, 6) is 0.706. The first-order valence-electron chi connectivity index (χ1n) is 9.41. The molecule has 0 fully saturated rings. The van der Waals surface area contributed by atoms with E-state index in [1.807, 2.05) is 50.2 Å². The van der Waals surface area contributed by atoms with Crippen molar-refractivity contribution in [1.82, 2.24) is 10.2 Å². The lowest BCUT2D eigenvalue weighted by Gasteiger charge is -2.29. The minimum Gasteiger partial charge on any atom is -0.497 e. The van der Waals surface area contributed by atoms with Gasteiger partial charge in [-0.1, -0.05) is 23.7 Å². The van der Waals surface area contributed by atoms with E-state index in [9.17, 15) is 9.59 Å². The summed E-state index contributed by atoms with van der Waals surface area (Å²) in [5, 5.41) is 3.54. The van der Waals surface area contributed by atoms with Gasteiger partial charge in [-0.05, 0) is 62.7 Å². The Hall–Kier alpha value is -2.18. The Balaban J connectivity index is 2.13. The van der Waals surface area contributed by atoms with Crippen molar-refractivity contribution in [3.63, 3.8) is 0 Å². The second kappa shape index (κ2) is 11.1. The number of amides is 2. The molecule has 7 heteroatoms. The lowest BCUT2D eigenvalue weighted by Crippen LogP contribution is -2.49. The molecule has 1 N–H and O–H groups in total. The van der Waals surface area contributed by atoms with E-state index in [4.69, 9.17) is 16.3 Å². The van der Waals surface area contributed by atoms with Crippen LogP contribution in [0.5, 0.6) is 5.75 Å². The fraction of sp³-hybridized carbons (Fsp3) is 0.364. The van der Waals surface area contributed by atoms with Crippen molar-refractivity contribution in [2.45, 2.75) is 44.3 Å². The molecule has 156 valence electrons. The van der Waals surface area contributed by atoms with Crippen molar-refractivity contribution in [2.24, 2.45) is 0 Å². The Morgan fingerprint density at radius 3 is 2.24 bits per heavy atom. The first kappa shape index (κ1) is 23.1. The average Bonchev–Trinajstić information content (AvgIpc) is 2.70.